The first-order valence-corrected chi connectivity index (χ1v) is 13.0. The number of hydrogen-bond donors (Lipinski definition) is 2. The zero-order valence-corrected chi connectivity index (χ0v) is 19.2. The van der Waals surface area contributed by atoms with Crippen molar-refractivity contribution in [2.24, 2.45) is 5.92 Å². The van der Waals surface area contributed by atoms with Crippen molar-refractivity contribution in [1.82, 2.24) is 9.88 Å². The predicted molar refractivity (Wildman–Crippen MR) is 119 cm³/mol. The van der Waals surface area contributed by atoms with Crippen LogP contribution in [0.3, 0.4) is 0 Å². The Labute approximate surface area is 185 Å². The first-order chi connectivity index (χ1) is 14.3. The molecule has 1 saturated heterocycles. The van der Waals surface area contributed by atoms with E-state index < -0.39 is 20.7 Å². The highest BCUT2D eigenvalue weighted by molar-refractivity contribution is 7.93. The van der Waals surface area contributed by atoms with Gasteiger partial charge in [-0.2, -0.15) is 0 Å². The molecule has 0 amide bonds. The lowest BCUT2D eigenvalue weighted by Crippen LogP contribution is -2.47. The second-order valence-corrected chi connectivity index (χ2v) is 11.1. The van der Waals surface area contributed by atoms with Gasteiger partial charge in [-0.15, -0.1) is 11.3 Å². The van der Waals surface area contributed by atoms with Crippen molar-refractivity contribution in [1.29, 1.82) is 0 Å². The molecule has 1 aromatic carbocycles. The van der Waals surface area contributed by atoms with Crippen molar-refractivity contribution >= 4 is 43.8 Å². The van der Waals surface area contributed by atoms with Crippen LogP contribution in [0.4, 0.5) is 15.2 Å². The Kier molecular flexibility index (Phi) is 6.53. The van der Waals surface area contributed by atoms with E-state index in [2.05, 4.69) is 26.8 Å². The topological polar surface area (TPSA) is 74.3 Å². The van der Waals surface area contributed by atoms with Crippen LogP contribution < -0.4 is 10.0 Å². The van der Waals surface area contributed by atoms with Crippen LogP contribution in [0.1, 0.15) is 39.0 Å². The summed E-state index contributed by atoms with van der Waals surface area (Å²) in [5, 5.41) is 5.42. The molecule has 164 valence electrons. The molecule has 1 aliphatic carbocycles. The summed E-state index contributed by atoms with van der Waals surface area (Å²) in [6, 6.07) is 2.91. The monoisotopic (exact) mass is 472 g/mol. The second-order valence-electron chi connectivity index (χ2n) is 8.20. The highest BCUT2D eigenvalue weighted by Gasteiger charge is 2.34. The van der Waals surface area contributed by atoms with E-state index in [9.17, 15) is 12.8 Å². The van der Waals surface area contributed by atoms with E-state index in [1.54, 1.807) is 5.38 Å². The molecule has 0 radical (unpaired) electrons. The Bertz CT molecular complexity index is 987. The Morgan fingerprint density at radius 2 is 2.07 bits per heavy atom. The smallest absolute Gasteiger partial charge is 0.266 e. The Morgan fingerprint density at radius 1 is 1.27 bits per heavy atom. The third kappa shape index (κ3) is 4.74. The van der Waals surface area contributed by atoms with Crippen molar-refractivity contribution in [3.05, 3.63) is 34.5 Å². The summed E-state index contributed by atoms with van der Waals surface area (Å²) in [7, 11) is -4.11. The molecular weight excluding hydrogens is 447 g/mol. The van der Waals surface area contributed by atoms with E-state index in [4.69, 9.17) is 11.6 Å². The van der Waals surface area contributed by atoms with Gasteiger partial charge in [0.25, 0.3) is 10.0 Å². The first-order valence-electron chi connectivity index (χ1n) is 10.3. The highest BCUT2D eigenvalue weighted by Crippen LogP contribution is 2.34. The standard InChI is InChI=1S/C20H26ClFN4O2S2/c1-13-6-8-26(12-13)18-5-3-2-4-16(18)24-17-11-15(22)19(10-14(17)21)30(27,28)25-20-23-7-9-29-20/h7,9-11,13,16,18,24H,2-6,8,12H2,1H3,(H,23,25)/t13-,16+,18+/m1/s1. The molecule has 10 heteroatoms. The van der Waals surface area contributed by atoms with Gasteiger partial charge in [-0.3, -0.25) is 9.62 Å². The first kappa shape index (κ1) is 21.8. The number of anilines is 2. The van der Waals surface area contributed by atoms with E-state index in [-0.39, 0.29) is 16.2 Å². The summed E-state index contributed by atoms with van der Waals surface area (Å²) in [4.78, 5) is 5.93. The van der Waals surface area contributed by atoms with Crippen molar-refractivity contribution in [3.63, 3.8) is 0 Å². The van der Waals surface area contributed by atoms with Gasteiger partial charge in [-0.05, 0) is 43.9 Å². The van der Waals surface area contributed by atoms with Crippen LogP contribution in [0.5, 0.6) is 0 Å². The van der Waals surface area contributed by atoms with Crippen LogP contribution in [0.2, 0.25) is 5.02 Å². The molecule has 2 fully saturated rings. The molecule has 4 rings (SSSR count). The van der Waals surface area contributed by atoms with E-state index >= 15 is 0 Å². The maximum atomic E-state index is 14.8. The molecule has 1 saturated carbocycles. The molecular formula is C20H26ClFN4O2S2. The number of aromatic nitrogens is 1. The number of rotatable bonds is 6. The summed E-state index contributed by atoms with van der Waals surface area (Å²) in [5.41, 5.74) is 0.437. The molecule has 2 aromatic rings. The second kappa shape index (κ2) is 8.98. The summed E-state index contributed by atoms with van der Waals surface area (Å²) in [6.07, 6.45) is 7.07. The fraction of sp³-hybridized carbons (Fsp3) is 0.550. The highest BCUT2D eigenvalue weighted by atomic mass is 35.5. The minimum absolute atomic E-state index is 0.164. The normalized spacial score (nSPS) is 25.4. The van der Waals surface area contributed by atoms with Crippen LogP contribution in [0.15, 0.2) is 28.6 Å². The number of benzene rings is 1. The van der Waals surface area contributed by atoms with Gasteiger partial charge in [-0.25, -0.2) is 17.8 Å². The molecule has 0 bridgehead atoms. The van der Waals surface area contributed by atoms with Crippen molar-refractivity contribution in [3.8, 4) is 0 Å². The number of nitrogens with zero attached hydrogens (tertiary/aromatic N) is 2. The molecule has 6 nitrogen and oxygen atoms in total. The largest absolute Gasteiger partial charge is 0.379 e. The van der Waals surface area contributed by atoms with Crippen molar-refractivity contribution < 1.29 is 12.8 Å². The molecule has 2 N–H and O–H groups in total. The van der Waals surface area contributed by atoms with Gasteiger partial charge in [0.2, 0.25) is 0 Å². The zero-order chi connectivity index (χ0) is 21.3. The third-order valence-corrected chi connectivity index (χ3v) is 8.44. The average Bonchev–Trinajstić information content (AvgIpc) is 3.36. The Morgan fingerprint density at radius 3 is 2.77 bits per heavy atom. The van der Waals surface area contributed by atoms with Crippen LogP contribution >= 0.6 is 22.9 Å². The lowest BCUT2D eigenvalue weighted by molar-refractivity contribution is 0.172. The molecule has 1 aliphatic heterocycles. The van der Waals surface area contributed by atoms with Gasteiger partial charge in [0.1, 0.15) is 10.7 Å². The van der Waals surface area contributed by atoms with Crippen LogP contribution in [0, 0.1) is 11.7 Å². The molecule has 1 aromatic heterocycles. The lowest BCUT2D eigenvalue weighted by Gasteiger charge is -2.39. The lowest BCUT2D eigenvalue weighted by atomic mass is 9.89. The van der Waals surface area contributed by atoms with E-state index in [1.807, 2.05) is 0 Å². The average molecular weight is 473 g/mol. The van der Waals surface area contributed by atoms with Crippen LogP contribution in [-0.2, 0) is 10.0 Å². The zero-order valence-electron chi connectivity index (χ0n) is 16.8. The number of thiazole rings is 1. The Balaban J connectivity index is 1.54. The van der Waals surface area contributed by atoms with Gasteiger partial charge in [0.15, 0.2) is 5.13 Å². The summed E-state index contributed by atoms with van der Waals surface area (Å²) >= 11 is 7.51. The molecule has 0 spiro atoms. The van der Waals surface area contributed by atoms with E-state index in [1.165, 1.54) is 31.2 Å². The summed E-state index contributed by atoms with van der Waals surface area (Å²) in [6.45, 7) is 4.45. The number of nitrogens with one attached hydrogen (secondary N) is 2. The van der Waals surface area contributed by atoms with Gasteiger partial charge < -0.3 is 5.32 Å². The van der Waals surface area contributed by atoms with Crippen molar-refractivity contribution in [2.75, 3.05) is 23.1 Å². The minimum atomic E-state index is -4.11. The fourth-order valence-electron chi connectivity index (χ4n) is 4.48. The molecule has 30 heavy (non-hydrogen) atoms. The minimum Gasteiger partial charge on any atom is -0.379 e. The third-order valence-electron chi connectivity index (χ3n) is 5.96. The molecule has 2 heterocycles. The van der Waals surface area contributed by atoms with Gasteiger partial charge in [0, 0.05) is 30.2 Å². The summed E-state index contributed by atoms with van der Waals surface area (Å²) < 4.78 is 42.2. The van der Waals surface area contributed by atoms with E-state index in [0.29, 0.717) is 17.6 Å². The summed E-state index contributed by atoms with van der Waals surface area (Å²) in [5.74, 6) is -0.142. The van der Waals surface area contributed by atoms with Gasteiger partial charge >= 0.3 is 0 Å². The van der Waals surface area contributed by atoms with Crippen LogP contribution in [0.25, 0.3) is 0 Å². The Hall–Kier alpha value is -1.42. The predicted octanol–water partition coefficient (Wildman–Crippen LogP) is 4.80. The van der Waals surface area contributed by atoms with Crippen molar-refractivity contribution in [2.45, 2.75) is 56.0 Å². The maximum Gasteiger partial charge on any atom is 0.266 e. The van der Waals surface area contributed by atoms with Gasteiger partial charge in [-0.1, -0.05) is 31.4 Å². The molecule has 2 aliphatic rings. The van der Waals surface area contributed by atoms with Crippen LogP contribution in [-0.4, -0.2) is 43.5 Å². The SMILES string of the molecule is C[C@@H]1CCN([C@H]2CCCC[C@@H]2Nc2cc(F)c(S(=O)(=O)Nc3nccs3)cc2Cl)C1. The fourth-order valence-corrected chi connectivity index (χ4v) is 6.63. The number of halogens is 2. The molecule has 3 atom stereocenters. The number of hydrogen-bond acceptors (Lipinski definition) is 6. The number of sulfonamides is 1. The van der Waals surface area contributed by atoms with E-state index in [0.717, 1.165) is 43.7 Å². The van der Waals surface area contributed by atoms with Gasteiger partial charge in [0.05, 0.1) is 10.7 Å². The molecule has 0 unspecified atom stereocenters. The quantitative estimate of drug-likeness (QED) is 0.631. The number of likely N-dealkylation sites (tertiary alicyclic amines) is 1. The maximum absolute atomic E-state index is 14.8.